The molecule has 2 heterocycles. The molecule has 0 atom stereocenters. The zero-order valence-corrected chi connectivity index (χ0v) is 32.4. The zero-order valence-electron chi connectivity index (χ0n) is 25.9. The molecule has 0 aliphatic rings. The minimum absolute atomic E-state index is 0. The van der Waals surface area contributed by atoms with Crippen molar-refractivity contribution in [3.8, 4) is 11.4 Å². The van der Waals surface area contributed by atoms with Crippen LogP contribution in [-0.2, 0) is 20.2 Å². The quantitative estimate of drug-likeness (QED) is 0.0715. The van der Waals surface area contributed by atoms with E-state index >= 15 is 0 Å². The molecule has 1 radical (unpaired) electrons. The van der Waals surface area contributed by atoms with Crippen molar-refractivity contribution in [2.75, 3.05) is 10.6 Å². The summed E-state index contributed by atoms with van der Waals surface area (Å²) in [5.74, 6) is -1.37. The van der Waals surface area contributed by atoms with Crippen LogP contribution in [0.1, 0.15) is 20.7 Å². The number of tetrazole rings is 2. The zero-order chi connectivity index (χ0) is 36.1. The Morgan fingerprint density at radius 3 is 1.26 bits per heavy atom. The molecule has 4 aromatic carbocycles. The van der Waals surface area contributed by atoms with Crippen molar-refractivity contribution in [2.24, 2.45) is 0 Å². The number of rotatable bonds is 8. The first kappa shape index (κ1) is 48.5. The molecule has 0 aliphatic carbocycles. The maximum absolute atomic E-state index is 12.4. The summed E-state index contributed by atoms with van der Waals surface area (Å²) >= 11 is 8.22. The van der Waals surface area contributed by atoms with Gasteiger partial charge < -0.3 is 10.6 Å². The summed E-state index contributed by atoms with van der Waals surface area (Å²) in [7, 11) is -9.04. The van der Waals surface area contributed by atoms with Gasteiger partial charge in [0.25, 0.3) is 32.1 Å². The van der Waals surface area contributed by atoms with E-state index in [1.165, 1.54) is 45.8 Å². The molecule has 0 fully saturated rings. The number of carbonyl (C=O) groups is 2. The van der Waals surface area contributed by atoms with Crippen molar-refractivity contribution >= 4 is 223 Å². The number of hydrogen-bond acceptors (Lipinski definition) is 14. The Morgan fingerprint density at radius 1 is 0.585 bits per heavy atom. The molecular weight excluding hydrogens is 850 g/mol. The fraction of sp³-hybridized carbons (Fsp3) is 0. The second-order valence-corrected chi connectivity index (χ2v) is 13.3. The van der Waals surface area contributed by atoms with Crippen molar-refractivity contribution < 1.29 is 35.5 Å². The van der Waals surface area contributed by atoms with Crippen molar-refractivity contribution in [1.29, 1.82) is 0 Å². The van der Waals surface area contributed by atoms with E-state index in [9.17, 15) is 35.5 Å². The third kappa shape index (κ3) is 13.2. The Hall–Kier alpha value is -0.611. The molecule has 261 valence electrons. The van der Waals surface area contributed by atoms with Crippen LogP contribution in [0.15, 0.2) is 117 Å². The molecule has 25 heteroatoms. The molecule has 0 spiro atoms. The van der Waals surface area contributed by atoms with Gasteiger partial charge in [-0.1, -0.05) is 36.4 Å². The van der Waals surface area contributed by atoms with Crippen LogP contribution in [0.3, 0.4) is 0 Å². The summed E-state index contributed by atoms with van der Waals surface area (Å²) in [5, 5.41) is 27.5. The second-order valence-electron chi connectivity index (χ2n) is 9.73. The Labute approximate surface area is 440 Å². The van der Waals surface area contributed by atoms with Crippen LogP contribution in [0, 0.1) is 0 Å². The summed E-state index contributed by atoms with van der Waals surface area (Å²) < 4.78 is 66.8. The largest absolute Gasteiger partial charge is 0 e. The van der Waals surface area contributed by atoms with E-state index in [-0.39, 0.29) is 176 Å². The Bertz CT molecular complexity index is 2280. The van der Waals surface area contributed by atoms with Crippen LogP contribution in [0.2, 0.25) is 0 Å². The van der Waals surface area contributed by atoms with Gasteiger partial charge in [0.1, 0.15) is 9.79 Å². The monoisotopic (exact) mass is 873 g/mol. The van der Waals surface area contributed by atoms with Crippen LogP contribution in [0.5, 0.6) is 0 Å². The Morgan fingerprint density at radius 2 is 0.943 bits per heavy atom. The van der Waals surface area contributed by atoms with Gasteiger partial charge in [0.2, 0.25) is 10.3 Å². The van der Waals surface area contributed by atoms with E-state index < -0.39 is 41.8 Å². The number of benzene rings is 4. The van der Waals surface area contributed by atoms with E-state index in [4.69, 9.17) is 0 Å². The van der Waals surface area contributed by atoms with Gasteiger partial charge >= 0.3 is 103 Å². The fourth-order valence-corrected chi connectivity index (χ4v) is 6.05. The van der Waals surface area contributed by atoms with E-state index in [0.29, 0.717) is 22.7 Å². The average Bonchev–Trinajstić information content (AvgIpc) is 3.72. The third-order valence-electron chi connectivity index (χ3n) is 6.42. The van der Waals surface area contributed by atoms with Crippen LogP contribution in [-0.4, -0.2) is 232 Å². The minimum atomic E-state index is -4.52. The first-order chi connectivity index (χ1) is 23.7. The normalized spacial score (nSPS) is 10.6. The predicted molar refractivity (Wildman–Crippen MR) is 201 cm³/mol. The molecule has 0 bridgehead atoms. The van der Waals surface area contributed by atoms with Crippen LogP contribution in [0.25, 0.3) is 11.4 Å². The molecule has 2 aromatic heterocycles. The number of thiol groups is 2. The summed E-state index contributed by atoms with van der Waals surface area (Å²) in [6, 6.07) is 23.8. The topological polar surface area (TPSA) is 254 Å². The molecule has 6 aromatic rings. The third-order valence-corrected chi connectivity index (χ3v) is 8.80. The molecule has 2 amide bonds. The van der Waals surface area contributed by atoms with E-state index in [0.717, 1.165) is 12.1 Å². The number of anilines is 2. The van der Waals surface area contributed by atoms with E-state index in [1.807, 2.05) is 0 Å². The molecule has 6 rings (SSSR count). The number of nitrogens with one attached hydrogen (secondary N) is 2. The first-order valence-corrected chi connectivity index (χ1v) is 17.4. The fourth-order valence-electron chi connectivity index (χ4n) is 4.28. The van der Waals surface area contributed by atoms with Gasteiger partial charge in [0.05, 0.1) is 22.5 Å². The molecule has 53 heavy (non-hydrogen) atoms. The number of nitrogens with zero attached hydrogens (tertiary/aromatic N) is 8. The molecule has 0 unspecified atom stereocenters. The van der Waals surface area contributed by atoms with Crippen molar-refractivity contribution in [3.05, 3.63) is 108 Å². The molecular formula is C28H24K3N10O8S4. The standard InChI is InChI=1S/2C14H11N5O4S2.3K.2H/c2*20-13(11-6-1-2-7-12(11)25(21,22)23)15-9-4-3-5-10(8-9)19-14(24)16-17-18-19;;;;;/h2*1-8H,(H,15,20)(H,16,18,24)(H,21,22,23);;;;;. The molecule has 0 saturated heterocycles. The summed E-state index contributed by atoms with van der Waals surface area (Å²) in [4.78, 5) is 23.9. The summed E-state index contributed by atoms with van der Waals surface area (Å²) in [6.45, 7) is 0. The summed E-state index contributed by atoms with van der Waals surface area (Å²) in [6.07, 6.45) is 0. The van der Waals surface area contributed by atoms with Gasteiger partial charge in [0, 0.05) is 62.8 Å². The SMILES string of the molecule is O=C(Nc1cccc(-n2nnnc2S)c1)c1ccccc1S(=O)(=O)O.O=C(Nc1cccc(-n2nnnc2S)c1)c1ccccc1S(=O)(=O)O.[KH].[KH].[K]. The number of amides is 2. The van der Waals surface area contributed by atoms with Gasteiger partial charge in [0.15, 0.2) is 0 Å². The Balaban J connectivity index is 0.000000347. The smallest absolute Gasteiger partial charge is 0 e. The molecule has 4 N–H and O–H groups in total. The van der Waals surface area contributed by atoms with E-state index in [1.54, 1.807) is 48.5 Å². The van der Waals surface area contributed by atoms with E-state index in [2.05, 4.69) is 66.9 Å². The number of carbonyl (C=O) groups excluding carboxylic acids is 2. The predicted octanol–water partition coefficient (Wildman–Crippen LogP) is 1.22. The van der Waals surface area contributed by atoms with Gasteiger partial charge in [-0.25, -0.2) is 0 Å². The Kier molecular flexibility index (Phi) is 20.0. The van der Waals surface area contributed by atoms with Gasteiger partial charge in [-0.15, -0.1) is 35.5 Å². The van der Waals surface area contributed by atoms with Crippen LogP contribution >= 0.6 is 25.3 Å². The van der Waals surface area contributed by atoms with Crippen LogP contribution in [0.4, 0.5) is 11.4 Å². The molecule has 0 aliphatic heterocycles. The molecule has 18 nitrogen and oxygen atoms in total. The van der Waals surface area contributed by atoms with Crippen molar-refractivity contribution in [2.45, 2.75) is 20.1 Å². The second kappa shape index (κ2) is 21.8. The van der Waals surface area contributed by atoms with Gasteiger partial charge in [-0.05, 0) is 81.5 Å². The van der Waals surface area contributed by atoms with Crippen molar-refractivity contribution in [1.82, 2.24) is 40.4 Å². The number of hydrogen-bond donors (Lipinski definition) is 6. The first-order valence-electron chi connectivity index (χ1n) is 13.6. The summed E-state index contributed by atoms with van der Waals surface area (Å²) in [5.41, 5.74) is 1.53. The van der Waals surface area contributed by atoms with Crippen molar-refractivity contribution in [3.63, 3.8) is 0 Å². The minimum Gasteiger partial charge on any atom is 0 e. The maximum atomic E-state index is 12.4. The maximum Gasteiger partial charge on any atom is 0 e. The van der Waals surface area contributed by atoms with Gasteiger partial charge in [-0.2, -0.15) is 26.2 Å². The van der Waals surface area contributed by atoms with Crippen LogP contribution < -0.4 is 10.6 Å². The molecule has 0 saturated carbocycles. The van der Waals surface area contributed by atoms with Gasteiger partial charge in [-0.3, -0.25) is 18.7 Å². The number of aromatic nitrogens is 8. The average molecular weight is 874 g/mol.